The maximum absolute atomic E-state index is 7.25. The second-order valence-electron chi connectivity index (χ2n) is 35.7. The Morgan fingerprint density at radius 1 is 0.214 bits per heavy atom. The van der Waals surface area contributed by atoms with Crippen molar-refractivity contribution in [2.45, 2.75) is 207 Å². The van der Waals surface area contributed by atoms with Crippen LogP contribution in [0.3, 0.4) is 0 Å². The van der Waals surface area contributed by atoms with E-state index in [1.807, 2.05) is 0 Å². The van der Waals surface area contributed by atoms with Gasteiger partial charge in [0.25, 0.3) is 0 Å². The van der Waals surface area contributed by atoms with E-state index in [2.05, 4.69) is 430 Å². The first-order valence-corrected chi connectivity index (χ1v) is 43.2. The Bertz CT molecular complexity index is 4560. The topological polar surface area (TPSA) is 55.4 Å². The monoisotopic (exact) mass is 1510 g/mol. The maximum Gasteiger partial charge on any atom is 1.10 e. The van der Waals surface area contributed by atoms with Crippen molar-refractivity contribution in [1.29, 1.82) is 0 Å². The minimum absolute atomic E-state index is 0.0817. The molecule has 0 aromatic heterocycles. The lowest BCUT2D eigenvalue weighted by atomic mass is 9.70. The summed E-state index contributed by atoms with van der Waals surface area (Å²) in [5.74, 6) is 3.52. The summed E-state index contributed by atoms with van der Waals surface area (Å²) >= 11 is -5.71. The average molecular weight is 1510 g/mol. The smallest absolute Gasteiger partial charge is 0.588 e. The van der Waals surface area contributed by atoms with Gasteiger partial charge in [-0.2, -0.15) is 0 Å². The van der Waals surface area contributed by atoms with Crippen LogP contribution < -0.4 is 15.2 Å². The van der Waals surface area contributed by atoms with E-state index in [1.54, 1.807) is 0 Å². The normalized spacial score (nSPS) is 13.6. The lowest BCUT2D eigenvalue weighted by Gasteiger charge is -2.38. The molecule has 2 aliphatic heterocycles. The molecule has 0 saturated carbocycles. The Balaban J connectivity index is 0.000000196. The summed E-state index contributed by atoms with van der Waals surface area (Å²) in [4.78, 5) is 0. The molecule has 0 unspecified atom stereocenters. The standard InChI is InChI=1S/2C49H52O2.2C3H7O.2Al/c2*1-46(2,36-21-13-9-14-22-36)40-30-34(44(50)42(32-40)48(5,6)38-25-17-11-18-26-38)29-35-31-41(47(3,4)37-23-15-10-16-24-37)33-43(45(35)51)49(7,8)39-27-19-12-20-28-39;2*1-3(2)4;;/h2*9-28,30-33,50-51H,29H2,1-8H3;2*3H,1-2H3;;/q;;2*-1;2*+3/p-4. The van der Waals surface area contributed by atoms with Crippen molar-refractivity contribution in [2.75, 3.05) is 0 Å². The molecule has 0 radical (unpaired) electrons. The van der Waals surface area contributed by atoms with Crippen LogP contribution in [0, 0.1) is 0 Å². The van der Waals surface area contributed by atoms with E-state index >= 15 is 0 Å². The molecule has 0 amide bonds. The highest BCUT2D eigenvalue weighted by Crippen LogP contribution is 2.53. The third-order valence-corrected chi connectivity index (χ3v) is 27.8. The highest BCUT2D eigenvalue weighted by atomic mass is 27.3. The van der Waals surface area contributed by atoms with E-state index in [9.17, 15) is 0 Å². The number of fused-ring (bicyclic) bond motifs is 4. The third-order valence-electron chi connectivity index (χ3n) is 24.6. The first-order valence-electron chi connectivity index (χ1n) is 40.3. The van der Waals surface area contributed by atoms with E-state index < -0.39 is 30.3 Å². The second-order valence-corrected chi connectivity index (χ2v) is 38.4. The molecule has 14 rings (SSSR count). The van der Waals surface area contributed by atoms with Crippen LogP contribution in [0.4, 0.5) is 0 Å². The zero-order valence-corrected chi connectivity index (χ0v) is 72.2. The minimum Gasteiger partial charge on any atom is -0.588 e. The van der Waals surface area contributed by atoms with E-state index in [1.165, 1.54) is 66.8 Å². The van der Waals surface area contributed by atoms with Gasteiger partial charge in [0.15, 0.2) is 0 Å². The van der Waals surface area contributed by atoms with Crippen LogP contribution in [0.25, 0.3) is 0 Å². The summed E-state index contributed by atoms with van der Waals surface area (Å²) in [6.07, 6.45) is 1.12. The fraction of sp³-hybridized carbons (Fsp3) is 0.308. The van der Waals surface area contributed by atoms with Gasteiger partial charge in [-0.3, -0.25) is 0 Å². The lowest BCUT2D eigenvalue weighted by Crippen LogP contribution is -2.40. The Labute approximate surface area is 680 Å². The molecule has 2 heterocycles. The van der Waals surface area contributed by atoms with Crippen LogP contribution in [0.15, 0.2) is 291 Å². The lowest BCUT2D eigenvalue weighted by molar-refractivity contribution is 0.150. The predicted octanol–water partition coefficient (Wildman–Crippen LogP) is 25.5. The van der Waals surface area contributed by atoms with Crippen molar-refractivity contribution in [1.82, 2.24) is 0 Å². The molecule has 12 aromatic carbocycles. The molecule has 572 valence electrons. The zero-order chi connectivity index (χ0) is 79.8. The summed E-state index contributed by atoms with van der Waals surface area (Å²) in [5, 5.41) is 0. The SMILES string of the molecule is CC(C)[O][Al]1[O]c2c(cc(C(C)(C)c3ccccc3)cc2C(C)(C)c2ccccc2)Cc2cc(C(C)(C)c3ccccc3)cc(C(C)(C)c3ccccc3)c2[O]1.CC(C)[O][Al]1[O]c2c(cc(C(C)(C)c3ccccc3)cc2C(C)(C)c2ccccc2)Cc2cc(C(C)(C)c3ccccc3)cc(C(C)(C)c3ccccc3)c2[O]1. The van der Waals surface area contributed by atoms with Gasteiger partial charge in [0.2, 0.25) is 0 Å². The molecule has 112 heavy (non-hydrogen) atoms. The molecule has 12 aromatic rings. The van der Waals surface area contributed by atoms with E-state index in [0.717, 1.165) is 67.5 Å². The molecule has 2 aliphatic rings. The van der Waals surface area contributed by atoms with Gasteiger partial charge in [0, 0.05) is 90.6 Å². The van der Waals surface area contributed by atoms with Crippen molar-refractivity contribution in [3.8, 4) is 23.0 Å². The minimum atomic E-state index is -2.85. The first-order chi connectivity index (χ1) is 53.2. The summed E-state index contributed by atoms with van der Waals surface area (Å²) in [6.45, 7) is 45.5. The molecule has 8 heteroatoms. The predicted molar refractivity (Wildman–Crippen MR) is 466 cm³/mol. The van der Waals surface area contributed by atoms with Gasteiger partial charge >= 0.3 is 30.3 Å². The van der Waals surface area contributed by atoms with Gasteiger partial charge in [-0.1, -0.05) is 402 Å². The van der Waals surface area contributed by atoms with Crippen molar-refractivity contribution in [3.63, 3.8) is 0 Å². The van der Waals surface area contributed by atoms with E-state index in [0.29, 0.717) is 12.8 Å². The van der Waals surface area contributed by atoms with Crippen molar-refractivity contribution < 1.29 is 22.7 Å². The second kappa shape index (κ2) is 32.4. The summed E-state index contributed by atoms with van der Waals surface area (Å²) < 4.78 is 42.4. The highest BCUT2D eigenvalue weighted by Gasteiger charge is 2.50. The largest absolute Gasteiger partial charge is 1.10 e. The summed E-state index contributed by atoms with van der Waals surface area (Å²) in [6, 6.07) is 106. The summed E-state index contributed by atoms with van der Waals surface area (Å²) in [7, 11) is 0. The zero-order valence-electron chi connectivity index (χ0n) is 69.9. The number of rotatable bonds is 20. The van der Waals surface area contributed by atoms with Crippen LogP contribution in [-0.2, 0) is 63.7 Å². The van der Waals surface area contributed by atoms with Crippen molar-refractivity contribution in [2.24, 2.45) is 0 Å². The maximum atomic E-state index is 7.25. The van der Waals surface area contributed by atoms with Crippen LogP contribution in [-0.4, -0.2) is 42.5 Å². The molecule has 0 aliphatic carbocycles. The van der Waals surface area contributed by atoms with Crippen LogP contribution in [0.5, 0.6) is 23.0 Å². The molecule has 0 spiro atoms. The molecule has 0 bridgehead atoms. The van der Waals surface area contributed by atoms with Gasteiger partial charge < -0.3 is 22.7 Å². The van der Waals surface area contributed by atoms with Gasteiger partial charge in [0.05, 0.1) is 23.0 Å². The number of benzene rings is 12. The first kappa shape index (κ1) is 80.9. The molecule has 0 fully saturated rings. The van der Waals surface area contributed by atoms with E-state index in [-0.39, 0.29) is 55.5 Å². The number of hydrogen-bond acceptors (Lipinski definition) is 6. The molecule has 6 nitrogen and oxygen atoms in total. The highest BCUT2D eigenvalue weighted by molar-refractivity contribution is 6.39. The fourth-order valence-electron chi connectivity index (χ4n) is 16.7. The van der Waals surface area contributed by atoms with Gasteiger partial charge in [-0.05, 0) is 117 Å². The molecular formula is C104H114Al2O6. The molecule has 0 saturated heterocycles. The van der Waals surface area contributed by atoms with Gasteiger partial charge in [-0.15, -0.1) is 0 Å². The van der Waals surface area contributed by atoms with Gasteiger partial charge in [0.1, 0.15) is 0 Å². The Morgan fingerprint density at radius 2 is 0.366 bits per heavy atom. The van der Waals surface area contributed by atoms with Gasteiger partial charge in [-0.25, -0.2) is 0 Å². The molecular weight excluding hydrogens is 1400 g/mol. The van der Waals surface area contributed by atoms with E-state index in [4.69, 9.17) is 22.7 Å². The van der Waals surface area contributed by atoms with Crippen molar-refractivity contribution in [3.05, 3.63) is 402 Å². The quantitative estimate of drug-likeness (QED) is 0.0709. The molecule has 0 N–H and O–H groups in total. The Hall–Kier alpha value is -9.18. The molecule has 0 atom stereocenters. The Kier molecular flexibility index (Phi) is 23.4. The van der Waals surface area contributed by atoms with Crippen LogP contribution >= 0.6 is 0 Å². The average Bonchev–Trinajstić information content (AvgIpc) is 0.737. The third kappa shape index (κ3) is 16.5. The van der Waals surface area contributed by atoms with Crippen molar-refractivity contribution >= 4 is 30.3 Å². The Morgan fingerprint density at radius 3 is 0.518 bits per heavy atom. The fourth-order valence-corrected chi connectivity index (χ4v) is 19.8. The van der Waals surface area contributed by atoms with Crippen LogP contribution in [0.1, 0.15) is 250 Å². The van der Waals surface area contributed by atoms with Crippen LogP contribution in [0.2, 0.25) is 0 Å². The number of hydrogen-bond donors (Lipinski definition) is 0. The summed E-state index contributed by atoms with van der Waals surface area (Å²) in [5.41, 5.74) is 21.5.